The van der Waals surface area contributed by atoms with E-state index in [0.29, 0.717) is 19.7 Å². The molecule has 1 amide bonds. The summed E-state index contributed by atoms with van der Waals surface area (Å²) in [5.74, 6) is 0.845. The number of ether oxygens (including phenoxy) is 1. The minimum atomic E-state index is 0.0530. The number of carbonyl (C=O) groups excluding carboxylic acids is 1. The molecule has 5 heteroatoms. The summed E-state index contributed by atoms with van der Waals surface area (Å²) >= 11 is 0. The summed E-state index contributed by atoms with van der Waals surface area (Å²) < 4.78 is 11.7. The van der Waals surface area contributed by atoms with Gasteiger partial charge in [0.2, 0.25) is 5.91 Å². The van der Waals surface area contributed by atoms with Crippen LogP contribution in [0.15, 0.2) is 41.0 Å². The van der Waals surface area contributed by atoms with Crippen molar-refractivity contribution >= 4 is 28.1 Å². The fourth-order valence-corrected chi connectivity index (χ4v) is 4.64. The van der Waals surface area contributed by atoms with E-state index < -0.39 is 0 Å². The van der Waals surface area contributed by atoms with Gasteiger partial charge in [0, 0.05) is 54.5 Å². The molecule has 0 N–H and O–H groups in total. The van der Waals surface area contributed by atoms with Crippen LogP contribution in [0.2, 0.25) is 0 Å². The van der Waals surface area contributed by atoms with Crippen LogP contribution in [0.3, 0.4) is 0 Å². The van der Waals surface area contributed by atoms with Gasteiger partial charge in [0.1, 0.15) is 11.3 Å². The molecule has 0 spiro atoms. The molecule has 1 aliphatic rings. The number of piperazine rings is 1. The summed E-state index contributed by atoms with van der Waals surface area (Å²) in [6.45, 7) is 15.9. The highest BCUT2D eigenvalue weighted by Crippen LogP contribution is 2.37. The van der Waals surface area contributed by atoms with E-state index in [9.17, 15) is 4.79 Å². The Bertz CT molecular complexity index is 1210. The van der Waals surface area contributed by atoms with E-state index in [4.69, 9.17) is 9.15 Å². The molecule has 0 radical (unpaired) electrons. The number of allylic oxidation sites excluding steroid dienone is 1. The molecule has 2 heterocycles. The maximum absolute atomic E-state index is 13.2. The Morgan fingerprint density at radius 1 is 1.06 bits per heavy atom. The smallest absolute Gasteiger partial charge is 0.246 e. The second-order valence-electron chi connectivity index (χ2n) is 9.04. The van der Waals surface area contributed by atoms with E-state index in [1.165, 1.54) is 16.8 Å². The van der Waals surface area contributed by atoms with Crippen molar-refractivity contribution in [3.8, 4) is 5.75 Å². The molecule has 0 aliphatic carbocycles. The number of aryl methyl sites for hydroxylation is 4. The van der Waals surface area contributed by atoms with E-state index >= 15 is 0 Å². The van der Waals surface area contributed by atoms with Gasteiger partial charge < -0.3 is 19.0 Å². The van der Waals surface area contributed by atoms with E-state index in [-0.39, 0.29) is 5.91 Å². The van der Waals surface area contributed by atoms with Crippen LogP contribution < -0.4 is 9.64 Å². The van der Waals surface area contributed by atoms with Crippen LogP contribution in [0, 0.1) is 27.7 Å². The number of carbonyl (C=O) groups is 1. The molecular formula is C28H34N2O3. The average molecular weight is 447 g/mol. The van der Waals surface area contributed by atoms with Crippen LogP contribution in [0.4, 0.5) is 5.69 Å². The van der Waals surface area contributed by atoms with E-state index in [1.54, 1.807) is 12.3 Å². The molecule has 0 atom stereocenters. The predicted molar refractivity (Wildman–Crippen MR) is 135 cm³/mol. The lowest BCUT2D eigenvalue weighted by atomic mass is 9.98. The first-order valence-electron chi connectivity index (χ1n) is 11.7. The number of amides is 1. The highest BCUT2D eigenvalue weighted by Gasteiger charge is 2.22. The van der Waals surface area contributed by atoms with Gasteiger partial charge in [0.15, 0.2) is 0 Å². The standard InChI is InChI=1S/C28H34N2O3/c1-7-32-27-22(6)28-24(21(5)17-33-28)16-23(27)20(4)15-26(31)30-12-10-29(11-13-30)25-14-18(2)8-9-19(25)3/h8-9,14-17H,7,10-13H2,1-6H3/b20-15+. The van der Waals surface area contributed by atoms with E-state index in [0.717, 1.165) is 52.1 Å². The fraction of sp³-hybridized carbons (Fsp3) is 0.393. The zero-order valence-electron chi connectivity index (χ0n) is 20.6. The molecule has 0 saturated carbocycles. The SMILES string of the molecule is CCOc1c(/C(C)=C/C(=O)N2CCN(c3cc(C)ccc3C)CC2)cc2c(C)coc2c1C. The predicted octanol–water partition coefficient (Wildman–Crippen LogP) is 5.82. The number of nitrogens with zero attached hydrogens (tertiary/aromatic N) is 2. The van der Waals surface area contributed by atoms with Crippen LogP contribution in [-0.4, -0.2) is 43.6 Å². The van der Waals surface area contributed by atoms with Crippen LogP contribution in [0.5, 0.6) is 5.75 Å². The van der Waals surface area contributed by atoms with Crippen molar-refractivity contribution in [3.05, 3.63) is 64.4 Å². The topological polar surface area (TPSA) is 45.9 Å². The Morgan fingerprint density at radius 2 is 1.79 bits per heavy atom. The van der Waals surface area contributed by atoms with Crippen molar-refractivity contribution in [2.24, 2.45) is 0 Å². The van der Waals surface area contributed by atoms with Crippen molar-refractivity contribution in [1.29, 1.82) is 0 Å². The average Bonchev–Trinajstić information content (AvgIpc) is 3.18. The molecule has 1 fully saturated rings. The van der Waals surface area contributed by atoms with Crippen molar-refractivity contribution in [1.82, 2.24) is 4.90 Å². The van der Waals surface area contributed by atoms with Gasteiger partial charge in [-0.25, -0.2) is 0 Å². The molecule has 2 aromatic carbocycles. The number of anilines is 1. The molecule has 0 bridgehead atoms. The Kier molecular flexibility index (Phi) is 6.50. The summed E-state index contributed by atoms with van der Waals surface area (Å²) in [7, 11) is 0. The molecule has 1 aliphatic heterocycles. The van der Waals surface area contributed by atoms with Gasteiger partial charge >= 0.3 is 0 Å². The fourth-order valence-electron chi connectivity index (χ4n) is 4.64. The minimum Gasteiger partial charge on any atom is -0.493 e. The summed E-state index contributed by atoms with van der Waals surface area (Å²) in [6, 6.07) is 8.64. The Morgan fingerprint density at radius 3 is 2.48 bits per heavy atom. The highest BCUT2D eigenvalue weighted by atomic mass is 16.5. The molecular weight excluding hydrogens is 412 g/mol. The second-order valence-corrected chi connectivity index (χ2v) is 9.04. The lowest BCUT2D eigenvalue weighted by Crippen LogP contribution is -2.48. The van der Waals surface area contributed by atoms with Crippen molar-refractivity contribution in [2.75, 3.05) is 37.7 Å². The number of benzene rings is 2. The third-order valence-corrected chi connectivity index (χ3v) is 6.59. The zero-order valence-corrected chi connectivity index (χ0v) is 20.6. The van der Waals surface area contributed by atoms with Crippen molar-refractivity contribution in [2.45, 2.75) is 41.5 Å². The summed E-state index contributed by atoms with van der Waals surface area (Å²) in [6.07, 6.45) is 3.53. The molecule has 174 valence electrons. The quantitative estimate of drug-likeness (QED) is 0.464. The zero-order chi connectivity index (χ0) is 23.7. The van der Waals surface area contributed by atoms with Gasteiger partial charge in [0.25, 0.3) is 0 Å². The Hall–Kier alpha value is -3.21. The first-order valence-corrected chi connectivity index (χ1v) is 11.7. The molecule has 3 aromatic rings. The van der Waals surface area contributed by atoms with Gasteiger partial charge in [-0.1, -0.05) is 12.1 Å². The summed E-state index contributed by atoms with van der Waals surface area (Å²) in [5, 5.41) is 1.06. The number of hydrogen-bond acceptors (Lipinski definition) is 4. The third kappa shape index (κ3) is 4.50. The summed E-state index contributed by atoms with van der Waals surface area (Å²) in [4.78, 5) is 17.5. The molecule has 1 saturated heterocycles. The lowest BCUT2D eigenvalue weighted by Gasteiger charge is -2.36. The largest absolute Gasteiger partial charge is 0.493 e. The van der Waals surface area contributed by atoms with Crippen molar-refractivity contribution < 1.29 is 13.9 Å². The molecule has 33 heavy (non-hydrogen) atoms. The van der Waals surface area contributed by atoms with Gasteiger partial charge in [-0.05, 0) is 75.9 Å². The Balaban J connectivity index is 1.54. The number of fused-ring (bicyclic) bond motifs is 1. The van der Waals surface area contributed by atoms with Crippen LogP contribution in [0.25, 0.3) is 16.5 Å². The molecule has 5 nitrogen and oxygen atoms in total. The van der Waals surface area contributed by atoms with Gasteiger partial charge in [-0.15, -0.1) is 0 Å². The van der Waals surface area contributed by atoms with Gasteiger partial charge in [-0.3, -0.25) is 4.79 Å². The third-order valence-electron chi connectivity index (χ3n) is 6.59. The normalized spacial score (nSPS) is 14.8. The number of furan rings is 1. The summed E-state index contributed by atoms with van der Waals surface area (Å²) in [5.41, 5.74) is 8.58. The molecule has 1 aromatic heterocycles. The monoisotopic (exact) mass is 446 g/mol. The van der Waals surface area contributed by atoms with Crippen LogP contribution in [0.1, 0.15) is 41.7 Å². The Labute approximate surface area is 196 Å². The van der Waals surface area contributed by atoms with Gasteiger partial charge in [0.05, 0.1) is 12.9 Å². The van der Waals surface area contributed by atoms with E-state index in [1.807, 2.05) is 32.6 Å². The lowest BCUT2D eigenvalue weighted by molar-refractivity contribution is -0.126. The molecule has 0 unspecified atom stereocenters. The van der Waals surface area contributed by atoms with E-state index in [2.05, 4.69) is 43.0 Å². The second kappa shape index (κ2) is 9.34. The van der Waals surface area contributed by atoms with Gasteiger partial charge in [-0.2, -0.15) is 0 Å². The maximum Gasteiger partial charge on any atom is 0.246 e. The number of rotatable bonds is 5. The van der Waals surface area contributed by atoms with Crippen LogP contribution >= 0.6 is 0 Å². The number of hydrogen-bond donors (Lipinski definition) is 0. The maximum atomic E-state index is 13.2. The first kappa shape index (κ1) is 23.0. The molecule has 4 rings (SSSR count). The van der Waals surface area contributed by atoms with Crippen molar-refractivity contribution in [3.63, 3.8) is 0 Å². The van der Waals surface area contributed by atoms with Crippen LogP contribution in [-0.2, 0) is 4.79 Å². The first-order chi connectivity index (χ1) is 15.8. The minimum absolute atomic E-state index is 0.0530. The highest BCUT2D eigenvalue weighted by molar-refractivity contribution is 5.98.